The zero-order valence-corrected chi connectivity index (χ0v) is 11.3. The van der Waals surface area contributed by atoms with Crippen molar-refractivity contribution in [3.8, 4) is 5.75 Å². The molecule has 0 aliphatic heterocycles. The van der Waals surface area contributed by atoms with Gasteiger partial charge in [0.25, 0.3) is 0 Å². The van der Waals surface area contributed by atoms with Crippen LogP contribution < -0.4 is 10.5 Å². The van der Waals surface area contributed by atoms with Crippen LogP contribution in [0.5, 0.6) is 5.75 Å². The van der Waals surface area contributed by atoms with Gasteiger partial charge in [0.1, 0.15) is 11.6 Å². The van der Waals surface area contributed by atoms with E-state index < -0.39 is 0 Å². The minimum Gasteiger partial charge on any atom is -0.493 e. The van der Waals surface area contributed by atoms with Gasteiger partial charge in [-0.05, 0) is 40.1 Å². The maximum Gasteiger partial charge on any atom is 0.143 e. The van der Waals surface area contributed by atoms with Crippen LogP contribution in [-0.2, 0) is 12.8 Å². The molecule has 0 atom stereocenters. The maximum atomic E-state index is 8.50. The topological polar surface area (TPSA) is 67.8 Å². The minimum atomic E-state index is 0.200. The Morgan fingerprint density at radius 2 is 2.00 bits per heavy atom. The lowest BCUT2D eigenvalue weighted by molar-refractivity contribution is 0.317. The Morgan fingerprint density at radius 3 is 2.63 bits per heavy atom. The van der Waals surface area contributed by atoms with Crippen LogP contribution >= 0.6 is 11.3 Å². The molecule has 5 heteroatoms. The van der Waals surface area contributed by atoms with Gasteiger partial charge in [-0.3, -0.25) is 0 Å². The molecule has 0 spiro atoms. The van der Waals surface area contributed by atoms with E-state index in [1.54, 1.807) is 11.3 Å². The first-order chi connectivity index (χ1) is 9.28. The first-order valence-corrected chi connectivity index (χ1v) is 6.91. The van der Waals surface area contributed by atoms with E-state index in [0.29, 0.717) is 13.0 Å². The van der Waals surface area contributed by atoms with Gasteiger partial charge in [-0.1, -0.05) is 17.3 Å². The molecule has 1 aromatic carbocycles. The van der Waals surface area contributed by atoms with Crippen LogP contribution in [0, 0.1) is 0 Å². The van der Waals surface area contributed by atoms with Gasteiger partial charge >= 0.3 is 0 Å². The Hall–Kier alpha value is -2.01. The maximum absolute atomic E-state index is 8.50. The van der Waals surface area contributed by atoms with Gasteiger partial charge < -0.3 is 15.7 Å². The van der Waals surface area contributed by atoms with E-state index in [9.17, 15) is 0 Å². The van der Waals surface area contributed by atoms with E-state index in [2.05, 4.69) is 22.0 Å². The summed E-state index contributed by atoms with van der Waals surface area (Å²) in [5.74, 6) is 1.03. The Bertz CT molecular complexity index is 521. The number of nitrogens with zero attached hydrogens (tertiary/aromatic N) is 1. The van der Waals surface area contributed by atoms with Crippen molar-refractivity contribution < 1.29 is 9.94 Å². The second kappa shape index (κ2) is 6.80. The molecule has 0 radical (unpaired) electrons. The Labute approximate surface area is 116 Å². The van der Waals surface area contributed by atoms with Crippen molar-refractivity contribution in [2.24, 2.45) is 10.9 Å². The molecule has 19 heavy (non-hydrogen) atoms. The molecule has 1 aromatic heterocycles. The summed E-state index contributed by atoms with van der Waals surface area (Å²) in [6, 6.07) is 9.73. The zero-order valence-electron chi connectivity index (χ0n) is 10.5. The molecular formula is C14H16N2O2S. The average molecular weight is 276 g/mol. The van der Waals surface area contributed by atoms with Crippen LogP contribution in [0.15, 0.2) is 46.2 Å². The number of benzene rings is 1. The van der Waals surface area contributed by atoms with Crippen LogP contribution in [0.2, 0.25) is 0 Å². The SMILES string of the molecule is NC(Cc1ccc(OCCc2ccsc2)cc1)=NO. The summed E-state index contributed by atoms with van der Waals surface area (Å²) >= 11 is 1.70. The fourth-order valence-corrected chi connectivity index (χ4v) is 2.37. The summed E-state index contributed by atoms with van der Waals surface area (Å²) in [4.78, 5) is 0. The quantitative estimate of drug-likeness (QED) is 0.369. The molecule has 0 saturated heterocycles. The lowest BCUT2D eigenvalue weighted by Gasteiger charge is -2.06. The lowest BCUT2D eigenvalue weighted by atomic mass is 10.1. The Kier molecular flexibility index (Phi) is 4.80. The fourth-order valence-electron chi connectivity index (χ4n) is 1.67. The molecule has 100 valence electrons. The van der Waals surface area contributed by atoms with Gasteiger partial charge in [0.2, 0.25) is 0 Å². The number of amidine groups is 1. The van der Waals surface area contributed by atoms with Gasteiger partial charge in [-0.25, -0.2) is 0 Å². The largest absolute Gasteiger partial charge is 0.493 e. The first kappa shape index (κ1) is 13.4. The molecular weight excluding hydrogens is 260 g/mol. The van der Waals surface area contributed by atoms with Crippen LogP contribution in [0.1, 0.15) is 11.1 Å². The predicted octanol–water partition coefficient (Wildman–Crippen LogP) is 2.66. The summed E-state index contributed by atoms with van der Waals surface area (Å²) in [6.07, 6.45) is 1.35. The van der Waals surface area contributed by atoms with E-state index in [1.807, 2.05) is 24.3 Å². The van der Waals surface area contributed by atoms with E-state index in [-0.39, 0.29) is 5.84 Å². The lowest BCUT2D eigenvalue weighted by Crippen LogP contribution is -2.14. The molecule has 0 aliphatic rings. The minimum absolute atomic E-state index is 0.200. The van der Waals surface area contributed by atoms with Gasteiger partial charge in [0, 0.05) is 12.8 Å². The monoisotopic (exact) mass is 276 g/mol. The van der Waals surface area contributed by atoms with Crippen LogP contribution in [0.3, 0.4) is 0 Å². The van der Waals surface area contributed by atoms with Gasteiger partial charge in [0.05, 0.1) is 6.61 Å². The Balaban J connectivity index is 1.81. The standard InChI is InChI=1S/C14H16N2O2S/c15-14(16-17)9-11-1-3-13(4-2-11)18-7-5-12-6-8-19-10-12/h1-4,6,8,10,17H,5,7,9H2,(H2,15,16). The van der Waals surface area contributed by atoms with Crippen LogP contribution in [0.4, 0.5) is 0 Å². The summed E-state index contributed by atoms with van der Waals surface area (Å²) < 4.78 is 5.66. The molecule has 0 fully saturated rings. The molecule has 0 unspecified atom stereocenters. The smallest absolute Gasteiger partial charge is 0.143 e. The normalized spacial score (nSPS) is 11.5. The van der Waals surface area contributed by atoms with Gasteiger partial charge in [0.15, 0.2) is 0 Å². The number of oxime groups is 1. The summed E-state index contributed by atoms with van der Waals surface area (Å²) in [6.45, 7) is 0.663. The molecule has 0 amide bonds. The average Bonchev–Trinajstić information content (AvgIpc) is 2.94. The highest BCUT2D eigenvalue weighted by atomic mass is 32.1. The van der Waals surface area contributed by atoms with E-state index in [4.69, 9.17) is 15.7 Å². The van der Waals surface area contributed by atoms with E-state index >= 15 is 0 Å². The van der Waals surface area contributed by atoms with E-state index in [0.717, 1.165) is 17.7 Å². The molecule has 2 aromatic rings. The molecule has 4 nitrogen and oxygen atoms in total. The zero-order chi connectivity index (χ0) is 13.5. The second-order valence-electron chi connectivity index (χ2n) is 4.14. The van der Waals surface area contributed by atoms with Crippen molar-refractivity contribution >= 4 is 17.2 Å². The fraction of sp³-hybridized carbons (Fsp3) is 0.214. The number of nitrogens with two attached hydrogens (primary N) is 1. The highest BCUT2D eigenvalue weighted by molar-refractivity contribution is 7.07. The highest BCUT2D eigenvalue weighted by Gasteiger charge is 1.99. The third-order valence-electron chi connectivity index (χ3n) is 2.68. The van der Waals surface area contributed by atoms with Gasteiger partial charge in [-0.2, -0.15) is 11.3 Å². The van der Waals surface area contributed by atoms with Crippen LogP contribution in [0.25, 0.3) is 0 Å². The third-order valence-corrected chi connectivity index (χ3v) is 3.41. The number of hydrogen-bond acceptors (Lipinski definition) is 4. The number of thiophene rings is 1. The summed E-state index contributed by atoms with van der Waals surface area (Å²) in [5.41, 5.74) is 7.73. The predicted molar refractivity (Wildman–Crippen MR) is 77.1 cm³/mol. The highest BCUT2D eigenvalue weighted by Crippen LogP contribution is 2.14. The van der Waals surface area contributed by atoms with Crippen molar-refractivity contribution in [2.45, 2.75) is 12.8 Å². The van der Waals surface area contributed by atoms with E-state index in [1.165, 1.54) is 5.56 Å². The Morgan fingerprint density at radius 1 is 1.21 bits per heavy atom. The van der Waals surface area contributed by atoms with Crippen molar-refractivity contribution in [1.82, 2.24) is 0 Å². The molecule has 3 N–H and O–H groups in total. The number of ether oxygens (including phenoxy) is 1. The number of rotatable bonds is 6. The molecule has 0 aliphatic carbocycles. The third kappa shape index (κ3) is 4.30. The summed E-state index contributed by atoms with van der Waals surface area (Å²) in [5, 5.41) is 15.6. The summed E-state index contributed by atoms with van der Waals surface area (Å²) in [7, 11) is 0. The molecule has 2 rings (SSSR count). The number of hydrogen-bond donors (Lipinski definition) is 2. The second-order valence-corrected chi connectivity index (χ2v) is 4.92. The molecule has 0 saturated carbocycles. The van der Waals surface area contributed by atoms with Gasteiger partial charge in [-0.15, -0.1) is 0 Å². The van der Waals surface area contributed by atoms with Crippen molar-refractivity contribution in [2.75, 3.05) is 6.61 Å². The van der Waals surface area contributed by atoms with Crippen molar-refractivity contribution in [3.05, 3.63) is 52.2 Å². The van der Waals surface area contributed by atoms with Crippen molar-refractivity contribution in [1.29, 1.82) is 0 Å². The van der Waals surface area contributed by atoms with Crippen LogP contribution in [-0.4, -0.2) is 17.6 Å². The molecule has 1 heterocycles. The molecule has 0 bridgehead atoms. The first-order valence-electron chi connectivity index (χ1n) is 5.97. The van der Waals surface area contributed by atoms with Crippen molar-refractivity contribution in [3.63, 3.8) is 0 Å².